The van der Waals surface area contributed by atoms with Crippen molar-refractivity contribution in [3.05, 3.63) is 23.2 Å². The summed E-state index contributed by atoms with van der Waals surface area (Å²) in [5.74, 6) is 1.29. The molecule has 2 aromatic rings. The van der Waals surface area contributed by atoms with Crippen LogP contribution in [-0.2, 0) is 4.79 Å². The van der Waals surface area contributed by atoms with Crippen molar-refractivity contribution in [3.63, 3.8) is 0 Å². The molecule has 0 saturated heterocycles. The fraction of sp³-hybridized carbons (Fsp3) is 0.357. The first-order valence-electron chi connectivity index (χ1n) is 6.83. The van der Waals surface area contributed by atoms with Gasteiger partial charge in [0.1, 0.15) is 5.01 Å². The van der Waals surface area contributed by atoms with E-state index in [9.17, 15) is 4.79 Å². The van der Waals surface area contributed by atoms with Gasteiger partial charge in [-0.2, -0.15) is 0 Å². The maximum atomic E-state index is 12.4. The van der Waals surface area contributed by atoms with Crippen LogP contribution in [0.25, 0.3) is 0 Å². The minimum absolute atomic E-state index is 0.0563. The Hall–Kier alpha value is -1.80. The van der Waals surface area contributed by atoms with E-state index in [1.54, 1.807) is 18.2 Å². The number of aromatic nitrogens is 2. The SMILES string of the molecule is CCC(Sc1nnc(C)s1)C(=O)Nc1ccc2c(c1)OCO2. The molecule has 8 heteroatoms. The summed E-state index contributed by atoms with van der Waals surface area (Å²) in [4.78, 5) is 12.4. The van der Waals surface area contributed by atoms with Gasteiger partial charge in [0.2, 0.25) is 12.7 Å². The Morgan fingerprint density at radius 2 is 2.23 bits per heavy atom. The third kappa shape index (κ3) is 3.33. The van der Waals surface area contributed by atoms with E-state index in [1.807, 2.05) is 13.8 Å². The summed E-state index contributed by atoms with van der Waals surface area (Å²) in [5, 5.41) is 11.6. The summed E-state index contributed by atoms with van der Waals surface area (Å²) in [6.07, 6.45) is 0.708. The van der Waals surface area contributed by atoms with E-state index < -0.39 is 0 Å². The maximum Gasteiger partial charge on any atom is 0.237 e. The van der Waals surface area contributed by atoms with E-state index in [-0.39, 0.29) is 18.0 Å². The van der Waals surface area contributed by atoms with Gasteiger partial charge >= 0.3 is 0 Å². The van der Waals surface area contributed by atoms with Crippen LogP contribution in [0.5, 0.6) is 11.5 Å². The Bertz CT molecular complexity index is 690. The number of anilines is 1. The Morgan fingerprint density at radius 3 is 2.95 bits per heavy atom. The van der Waals surface area contributed by atoms with Crippen LogP contribution in [0.2, 0.25) is 0 Å². The van der Waals surface area contributed by atoms with Crippen molar-refractivity contribution in [2.45, 2.75) is 29.9 Å². The molecule has 1 atom stereocenters. The number of hydrogen-bond donors (Lipinski definition) is 1. The van der Waals surface area contributed by atoms with Gasteiger partial charge in [0, 0.05) is 11.8 Å². The molecule has 0 radical (unpaired) electrons. The monoisotopic (exact) mass is 337 g/mol. The highest BCUT2D eigenvalue weighted by atomic mass is 32.2. The van der Waals surface area contributed by atoms with Gasteiger partial charge < -0.3 is 14.8 Å². The molecule has 22 heavy (non-hydrogen) atoms. The van der Waals surface area contributed by atoms with Crippen LogP contribution in [0.4, 0.5) is 5.69 Å². The van der Waals surface area contributed by atoms with Crippen molar-refractivity contribution in [1.82, 2.24) is 10.2 Å². The lowest BCUT2D eigenvalue weighted by Gasteiger charge is -2.13. The van der Waals surface area contributed by atoms with Gasteiger partial charge in [0.05, 0.1) is 5.25 Å². The third-order valence-corrected chi connectivity index (χ3v) is 5.34. The first-order valence-corrected chi connectivity index (χ1v) is 8.52. The van der Waals surface area contributed by atoms with E-state index in [0.717, 1.165) is 9.35 Å². The molecule has 0 fully saturated rings. The largest absolute Gasteiger partial charge is 0.454 e. The fourth-order valence-electron chi connectivity index (χ4n) is 1.97. The molecule has 0 bridgehead atoms. The third-order valence-electron chi connectivity index (χ3n) is 3.05. The molecule has 1 aromatic heterocycles. The Kier molecular flexibility index (Phi) is 4.49. The molecule has 6 nitrogen and oxygen atoms in total. The predicted octanol–water partition coefficient (Wildman–Crippen LogP) is 3.08. The molecular weight excluding hydrogens is 322 g/mol. The number of amides is 1. The second-order valence-electron chi connectivity index (χ2n) is 4.66. The van der Waals surface area contributed by atoms with Gasteiger partial charge in [-0.1, -0.05) is 30.0 Å². The molecule has 1 N–H and O–H groups in total. The van der Waals surface area contributed by atoms with Crippen LogP contribution >= 0.6 is 23.1 Å². The average molecular weight is 337 g/mol. The number of ether oxygens (including phenoxy) is 2. The molecular formula is C14H15N3O3S2. The number of benzene rings is 1. The first-order chi connectivity index (χ1) is 10.7. The molecule has 1 unspecified atom stereocenters. The van der Waals surface area contributed by atoms with Gasteiger partial charge in [-0.15, -0.1) is 10.2 Å². The van der Waals surface area contributed by atoms with Crippen LogP contribution in [0.15, 0.2) is 22.5 Å². The zero-order chi connectivity index (χ0) is 15.5. The molecule has 1 aliphatic rings. The fourth-order valence-corrected chi connectivity index (χ4v) is 3.95. The van der Waals surface area contributed by atoms with E-state index in [2.05, 4.69) is 15.5 Å². The van der Waals surface area contributed by atoms with Gasteiger partial charge in [0.25, 0.3) is 0 Å². The molecule has 0 spiro atoms. The molecule has 116 valence electrons. The van der Waals surface area contributed by atoms with Crippen LogP contribution in [0, 0.1) is 6.92 Å². The number of carbonyl (C=O) groups is 1. The molecule has 1 amide bonds. The number of rotatable bonds is 5. The summed E-state index contributed by atoms with van der Waals surface area (Å²) < 4.78 is 11.4. The molecule has 2 heterocycles. The number of nitrogens with zero attached hydrogens (tertiary/aromatic N) is 2. The summed E-state index contributed by atoms with van der Waals surface area (Å²) in [6, 6.07) is 5.37. The van der Waals surface area contributed by atoms with Crippen molar-refractivity contribution in [3.8, 4) is 11.5 Å². The number of carbonyl (C=O) groups excluding carboxylic acids is 1. The Morgan fingerprint density at radius 1 is 1.41 bits per heavy atom. The lowest BCUT2D eigenvalue weighted by molar-refractivity contribution is -0.115. The summed E-state index contributed by atoms with van der Waals surface area (Å²) in [7, 11) is 0. The van der Waals surface area contributed by atoms with Gasteiger partial charge in [-0.25, -0.2) is 0 Å². The van der Waals surface area contributed by atoms with Gasteiger partial charge in [-0.05, 0) is 25.5 Å². The lowest BCUT2D eigenvalue weighted by Crippen LogP contribution is -2.24. The molecule has 1 aromatic carbocycles. The van der Waals surface area contributed by atoms with E-state index >= 15 is 0 Å². The predicted molar refractivity (Wildman–Crippen MR) is 85.8 cm³/mol. The minimum atomic E-state index is -0.210. The number of nitrogens with one attached hydrogen (secondary N) is 1. The molecule has 0 saturated carbocycles. The van der Waals surface area contributed by atoms with Crippen molar-refractivity contribution in [2.24, 2.45) is 0 Å². The second-order valence-corrected chi connectivity index (χ2v) is 7.29. The van der Waals surface area contributed by atoms with Crippen LogP contribution in [0.1, 0.15) is 18.4 Å². The van der Waals surface area contributed by atoms with Crippen LogP contribution in [0.3, 0.4) is 0 Å². The van der Waals surface area contributed by atoms with Gasteiger partial charge in [0.15, 0.2) is 15.8 Å². The topological polar surface area (TPSA) is 73.3 Å². The normalized spacial score (nSPS) is 13.9. The summed E-state index contributed by atoms with van der Waals surface area (Å²) in [6.45, 7) is 4.09. The van der Waals surface area contributed by atoms with Crippen molar-refractivity contribution in [1.29, 1.82) is 0 Å². The van der Waals surface area contributed by atoms with E-state index in [1.165, 1.54) is 23.1 Å². The highest BCUT2D eigenvalue weighted by Gasteiger charge is 2.21. The van der Waals surface area contributed by atoms with Gasteiger partial charge in [-0.3, -0.25) is 4.79 Å². The molecule has 1 aliphatic heterocycles. The molecule has 0 aliphatic carbocycles. The number of aryl methyl sites for hydroxylation is 1. The second kappa shape index (κ2) is 6.53. The van der Waals surface area contributed by atoms with Crippen LogP contribution < -0.4 is 14.8 Å². The maximum absolute atomic E-state index is 12.4. The van der Waals surface area contributed by atoms with Crippen molar-refractivity contribution >= 4 is 34.7 Å². The number of thioether (sulfide) groups is 1. The zero-order valence-corrected chi connectivity index (χ0v) is 13.8. The quantitative estimate of drug-likeness (QED) is 0.845. The average Bonchev–Trinajstić information content (AvgIpc) is 3.12. The molecule has 3 rings (SSSR count). The lowest BCUT2D eigenvalue weighted by atomic mass is 10.2. The summed E-state index contributed by atoms with van der Waals surface area (Å²) in [5.41, 5.74) is 0.696. The standard InChI is InChI=1S/C14H15N3O3S2/c1-3-12(22-14-17-16-8(2)21-14)13(18)15-9-4-5-10-11(6-9)20-7-19-10/h4-6,12H,3,7H2,1-2H3,(H,15,18). The number of fused-ring (bicyclic) bond motifs is 1. The Labute approximate surface area is 136 Å². The number of hydrogen-bond acceptors (Lipinski definition) is 7. The Balaban J connectivity index is 1.66. The van der Waals surface area contributed by atoms with E-state index in [4.69, 9.17) is 9.47 Å². The van der Waals surface area contributed by atoms with Crippen molar-refractivity contribution < 1.29 is 14.3 Å². The first kappa shape index (κ1) is 15.1. The van der Waals surface area contributed by atoms with E-state index in [0.29, 0.717) is 23.6 Å². The highest BCUT2D eigenvalue weighted by molar-refractivity contribution is 8.02. The smallest absolute Gasteiger partial charge is 0.237 e. The summed E-state index contributed by atoms with van der Waals surface area (Å²) >= 11 is 2.93. The zero-order valence-electron chi connectivity index (χ0n) is 12.2. The van der Waals surface area contributed by atoms with Crippen molar-refractivity contribution in [2.75, 3.05) is 12.1 Å². The highest BCUT2D eigenvalue weighted by Crippen LogP contribution is 2.35. The van der Waals surface area contributed by atoms with Crippen LogP contribution in [-0.4, -0.2) is 28.1 Å². The minimum Gasteiger partial charge on any atom is -0.454 e.